The number of furan rings is 1. The van der Waals surface area contributed by atoms with Gasteiger partial charge in [-0.25, -0.2) is 4.68 Å². The van der Waals surface area contributed by atoms with E-state index in [0.29, 0.717) is 0 Å². The maximum Gasteiger partial charge on any atom is 0.137 e. The largest absolute Gasteiger partial charge is 0.456 e. The summed E-state index contributed by atoms with van der Waals surface area (Å²) >= 11 is 0. The molecule has 56 heavy (non-hydrogen) atoms. The number of fused-ring (bicyclic) bond motifs is 10. The Balaban J connectivity index is 1.18. The molecule has 4 aromatic heterocycles. The van der Waals surface area contributed by atoms with E-state index in [1.54, 1.807) is 0 Å². The quantitative estimate of drug-likeness (QED) is 0.178. The van der Waals surface area contributed by atoms with Gasteiger partial charge in [-0.05, 0) is 54.6 Å². The second-order valence-corrected chi connectivity index (χ2v) is 14.2. The topological polar surface area (TPSA) is 53.7 Å². The zero-order valence-corrected chi connectivity index (χ0v) is 30.0. The van der Waals surface area contributed by atoms with Gasteiger partial charge in [-0.1, -0.05) is 139 Å². The van der Waals surface area contributed by atoms with Gasteiger partial charge in [0.05, 0.1) is 44.5 Å². The lowest BCUT2D eigenvalue weighted by Crippen LogP contribution is -2.04. The molecule has 0 saturated heterocycles. The third kappa shape index (κ3) is 4.32. The average Bonchev–Trinajstić information content (AvgIpc) is 4.04. The van der Waals surface area contributed by atoms with Gasteiger partial charge in [0.1, 0.15) is 22.6 Å². The van der Waals surface area contributed by atoms with Crippen LogP contribution in [0.1, 0.15) is 0 Å². The van der Waals surface area contributed by atoms with Gasteiger partial charge in [-0.3, -0.25) is 0 Å². The van der Waals surface area contributed by atoms with Crippen LogP contribution in [0.2, 0.25) is 0 Å². The van der Waals surface area contributed by atoms with Crippen LogP contribution in [0.25, 0.3) is 105 Å². The molecule has 0 amide bonds. The van der Waals surface area contributed by atoms with E-state index >= 15 is 0 Å². The van der Waals surface area contributed by atoms with E-state index in [4.69, 9.17) is 14.7 Å². The van der Waals surface area contributed by atoms with Crippen molar-refractivity contribution in [2.75, 3.05) is 0 Å². The van der Waals surface area contributed by atoms with Crippen LogP contribution in [0.5, 0.6) is 0 Å². The highest BCUT2D eigenvalue weighted by Crippen LogP contribution is 2.44. The molecule has 12 rings (SSSR count). The molecular formula is C50H31N5O. The van der Waals surface area contributed by atoms with Crippen LogP contribution in [-0.4, -0.2) is 24.1 Å². The molecule has 6 heteroatoms. The van der Waals surface area contributed by atoms with E-state index < -0.39 is 0 Å². The highest BCUT2D eigenvalue weighted by molar-refractivity contribution is 6.24. The first-order valence-corrected chi connectivity index (χ1v) is 18.9. The van der Waals surface area contributed by atoms with E-state index in [0.717, 1.165) is 94.4 Å². The minimum atomic E-state index is 0.840. The smallest absolute Gasteiger partial charge is 0.137 e. The monoisotopic (exact) mass is 717 g/mol. The lowest BCUT2D eigenvalue weighted by molar-refractivity contribution is 0.669. The number of rotatable bonds is 5. The second-order valence-electron chi connectivity index (χ2n) is 14.2. The van der Waals surface area contributed by atoms with Crippen molar-refractivity contribution in [1.29, 1.82) is 0 Å². The molecule has 0 spiro atoms. The fourth-order valence-corrected chi connectivity index (χ4v) is 8.89. The van der Waals surface area contributed by atoms with Crippen molar-refractivity contribution in [3.05, 3.63) is 188 Å². The Morgan fingerprint density at radius 2 is 0.964 bits per heavy atom. The van der Waals surface area contributed by atoms with Crippen LogP contribution in [0.3, 0.4) is 0 Å². The molecule has 0 aliphatic carbocycles. The van der Waals surface area contributed by atoms with Gasteiger partial charge in [0.25, 0.3) is 0 Å². The van der Waals surface area contributed by atoms with Gasteiger partial charge >= 0.3 is 0 Å². The average molecular weight is 718 g/mol. The summed E-state index contributed by atoms with van der Waals surface area (Å²) in [6.45, 7) is 0. The number of aromatic nitrogens is 5. The van der Waals surface area contributed by atoms with Crippen molar-refractivity contribution in [2.45, 2.75) is 0 Å². The number of benzene rings is 8. The molecule has 0 N–H and O–H groups in total. The standard InChI is InChI=1S/C50H31N5O/c1-3-16-32(17-4-1)48-49(33-18-5-2-6-19-33)55(52-51-48)43-28-15-27-42-46(43)36-21-8-11-24-39(36)53(42)40-25-12-13-26-41(40)54-38-23-10-7-20-34(38)35-30-31-45-47(50(35)54)37-22-9-14-29-44(37)56-45/h1-31H. The fraction of sp³-hybridized carbons (Fsp3) is 0. The maximum atomic E-state index is 6.46. The van der Waals surface area contributed by atoms with Gasteiger partial charge in [0.2, 0.25) is 0 Å². The molecule has 0 aliphatic heterocycles. The van der Waals surface area contributed by atoms with Crippen molar-refractivity contribution in [2.24, 2.45) is 0 Å². The third-order valence-electron chi connectivity index (χ3n) is 11.2. The van der Waals surface area contributed by atoms with Crippen molar-refractivity contribution in [3.63, 3.8) is 0 Å². The minimum Gasteiger partial charge on any atom is -0.456 e. The van der Waals surface area contributed by atoms with Crippen LogP contribution in [-0.2, 0) is 0 Å². The zero-order valence-electron chi connectivity index (χ0n) is 30.0. The predicted octanol–water partition coefficient (Wildman–Crippen LogP) is 12.7. The molecule has 4 heterocycles. The van der Waals surface area contributed by atoms with Crippen molar-refractivity contribution in [1.82, 2.24) is 24.1 Å². The number of para-hydroxylation sites is 5. The van der Waals surface area contributed by atoms with Crippen LogP contribution < -0.4 is 0 Å². The molecule has 262 valence electrons. The third-order valence-corrected chi connectivity index (χ3v) is 11.2. The molecule has 0 aliphatic rings. The Kier molecular flexibility index (Phi) is 6.53. The molecule has 12 aromatic rings. The molecule has 0 bridgehead atoms. The van der Waals surface area contributed by atoms with Gasteiger partial charge in [-0.15, -0.1) is 5.10 Å². The summed E-state index contributed by atoms with van der Waals surface area (Å²) < 4.78 is 13.3. The number of hydrogen-bond acceptors (Lipinski definition) is 3. The van der Waals surface area contributed by atoms with E-state index in [2.05, 4.69) is 167 Å². The molecule has 6 nitrogen and oxygen atoms in total. The van der Waals surface area contributed by atoms with Gasteiger partial charge in [-0.2, -0.15) is 0 Å². The second kappa shape index (κ2) is 11.9. The van der Waals surface area contributed by atoms with Crippen LogP contribution in [0, 0.1) is 0 Å². The molecular weight excluding hydrogens is 687 g/mol. The first kappa shape index (κ1) is 30.7. The molecule has 0 unspecified atom stereocenters. The SMILES string of the molecule is c1ccc(-c2nnn(-c3cccc4c3c3ccccc3n4-c3ccccc3-n3c4ccccc4c4ccc5oc6ccccc6c5c43)c2-c2ccccc2)cc1. The molecule has 0 saturated carbocycles. The molecule has 0 fully saturated rings. The summed E-state index contributed by atoms with van der Waals surface area (Å²) in [6.07, 6.45) is 0. The van der Waals surface area contributed by atoms with Crippen molar-refractivity contribution in [3.8, 4) is 39.6 Å². The molecule has 8 aromatic carbocycles. The Morgan fingerprint density at radius 1 is 0.375 bits per heavy atom. The first-order valence-electron chi connectivity index (χ1n) is 18.9. The van der Waals surface area contributed by atoms with Gasteiger partial charge < -0.3 is 13.6 Å². The summed E-state index contributed by atoms with van der Waals surface area (Å²) in [4.78, 5) is 0. The number of hydrogen-bond donors (Lipinski definition) is 0. The summed E-state index contributed by atoms with van der Waals surface area (Å²) in [7, 11) is 0. The minimum absolute atomic E-state index is 0.840. The van der Waals surface area contributed by atoms with Crippen molar-refractivity contribution < 1.29 is 4.42 Å². The van der Waals surface area contributed by atoms with E-state index in [-0.39, 0.29) is 0 Å². The van der Waals surface area contributed by atoms with E-state index in [1.807, 2.05) is 35.0 Å². The normalized spacial score (nSPS) is 11.9. The Morgan fingerprint density at radius 3 is 1.75 bits per heavy atom. The summed E-state index contributed by atoms with van der Waals surface area (Å²) in [5, 5.41) is 16.6. The summed E-state index contributed by atoms with van der Waals surface area (Å²) in [6, 6.07) is 66.1. The van der Waals surface area contributed by atoms with Crippen LogP contribution in [0.15, 0.2) is 192 Å². The maximum absolute atomic E-state index is 6.46. The van der Waals surface area contributed by atoms with E-state index in [9.17, 15) is 0 Å². The first-order chi connectivity index (χ1) is 27.8. The van der Waals surface area contributed by atoms with Gasteiger partial charge in [0, 0.05) is 38.1 Å². The highest BCUT2D eigenvalue weighted by Gasteiger charge is 2.25. The fourth-order valence-electron chi connectivity index (χ4n) is 8.89. The zero-order chi connectivity index (χ0) is 36.7. The highest BCUT2D eigenvalue weighted by atomic mass is 16.3. The molecule has 0 atom stereocenters. The Labute approximate surface area is 320 Å². The summed E-state index contributed by atoms with van der Waals surface area (Å²) in [5.74, 6) is 0. The lowest BCUT2D eigenvalue weighted by Gasteiger charge is -2.17. The van der Waals surface area contributed by atoms with Crippen molar-refractivity contribution >= 4 is 65.6 Å². The van der Waals surface area contributed by atoms with E-state index in [1.165, 1.54) is 10.8 Å². The van der Waals surface area contributed by atoms with Gasteiger partial charge in [0.15, 0.2) is 0 Å². The summed E-state index contributed by atoms with van der Waals surface area (Å²) in [5.41, 5.74) is 13.2. The predicted molar refractivity (Wildman–Crippen MR) is 228 cm³/mol. The van der Waals surface area contributed by atoms with Crippen LogP contribution in [0.4, 0.5) is 0 Å². The Bertz CT molecular complexity index is 3480. The molecule has 0 radical (unpaired) electrons. The van der Waals surface area contributed by atoms with Crippen LogP contribution >= 0.6 is 0 Å². The lowest BCUT2D eigenvalue weighted by atomic mass is 10.0. The number of nitrogens with zero attached hydrogens (tertiary/aromatic N) is 5. The Hall–Kier alpha value is -7.70.